The van der Waals surface area contributed by atoms with Gasteiger partial charge >= 0.3 is 0 Å². The molecule has 14 heavy (non-hydrogen) atoms. The number of rotatable bonds is 6. The molecule has 1 atom stereocenters. The van der Waals surface area contributed by atoms with Crippen LogP contribution in [0.4, 0.5) is 0 Å². The van der Waals surface area contributed by atoms with Crippen molar-refractivity contribution in [2.24, 2.45) is 5.92 Å². The van der Waals surface area contributed by atoms with E-state index in [0.717, 1.165) is 12.8 Å². The largest absolute Gasteiger partial charge is 0.352 e. The maximum absolute atomic E-state index is 11.4. The Labute approximate surface area is 85.3 Å². The molecule has 1 fully saturated rings. The van der Waals surface area contributed by atoms with Crippen LogP contribution in [0.1, 0.15) is 33.6 Å². The van der Waals surface area contributed by atoms with Crippen molar-refractivity contribution < 1.29 is 9.63 Å². The third-order valence-corrected chi connectivity index (χ3v) is 1.99. The van der Waals surface area contributed by atoms with Crippen molar-refractivity contribution in [3.63, 3.8) is 0 Å². The van der Waals surface area contributed by atoms with E-state index >= 15 is 0 Å². The van der Waals surface area contributed by atoms with Gasteiger partial charge in [0.25, 0.3) is 0 Å². The van der Waals surface area contributed by atoms with E-state index in [-0.39, 0.29) is 11.9 Å². The zero-order valence-corrected chi connectivity index (χ0v) is 9.17. The second kappa shape index (κ2) is 5.32. The Bertz CT molecular complexity index is 191. The van der Waals surface area contributed by atoms with E-state index < -0.39 is 0 Å². The van der Waals surface area contributed by atoms with Crippen LogP contribution < -0.4 is 10.8 Å². The standard InChI is InChI=1S/C10H20N2O2/c1-7(2)6-14-12-8(3)10(13)11-9-4-5-9/h7-9,12H,4-6H2,1-3H3,(H,11,13). The van der Waals surface area contributed by atoms with Crippen LogP contribution in [0.15, 0.2) is 0 Å². The SMILES string of the molecule is CC(C)CONC(C)C(=O)NC1CC1. The van der Waals surface area contributed by atoms with Gasteiger partial charge in [0.1, 0.15) is 6.04 Å². The van der Waals surface area contributed by atoms with Crippen molar-refractivity contribution in [3.05, 3.63) is 0 Å². The molecule has 82 valence electrons. The molecule has 1 aliphatic carbocycles. The smallest absolute Gasteiger partial charge is 0.239 e. The van der Waals surface area contributed by atoms with Gasteiger partial charge in [-0.1, -0.05) is 13.8 Å². The van der Waals surface area contributed by atoms with Crippen molar-refractivity contribution in [3.8, 4) is 0 Å². The van der Waals surface area contributed by atoms with Crippen molar-refractivity contribution in [1.29, 1.82) is 0 Å². The lowest BCUT2D eigenvalue weighted by molar-refractivity contribution is -0.127. The zero-order valence-electron chi connectivity index (χ0n) is 9.17. The van der Waals surface area contributed by atoms with Crippen LogP contribution in [0.2, 0.25) is 0 Å². The molecular weight excluding hydrogens is 180 g/mol. The summed E-state index contributed by atoms with van der Waals surface area (Å²) < 4.78 is 0. The normalized spacial score (nSPS) is 18.3. The summed E-state index contributed by atoms with van der Waals surface area (Å²) in [5.74, 6) is 0.498. The Morgan fingerprint density at radius 1 is 1.43 bits per heavy atom. The summed E-state index contributed by atoms with van der Waals surface area (Å²) in [4.78, 5) is 16.6. The molecule has 1 aliphatic rings. The average Bonchev–Trinajstić information content (AvgIpc) is 2.87. The summed E-state index contributed by atoms with van der Waals surface area (Å²) in [5, 5.41) is 2.91. The number of carbonyl (C=O) groups is 1. The van der Waals surface area contributed by atoms with E-state index in [2.05, 4.69) is 24.6 Å². The maximum atomic E-state index is 11.4. The van der Waals surface area contributed by atoms with Gasteiger partial charge in [-0.3, -0.25) is 4.79 Å². The molecule has 0 bridgehead atoms. The molecule has 0 radical (unpaired) electrons. The van der Waals surface area contributed by atoms with E-state index in [1.807, 2.05) is 0 Å². The van der Waals surface area contributed by atoms with Crippen molar-refractivity contribution >= 4 is 5.91 Å². The van der Waals surface area contributed by atoms with E-state index in [0.29, 0.717) is 18.6 Å². The fraction of sp³-hybridized carbons (Fsp3) is 0.900. The number of carbonyl (C=O) groups excluding carboxylic acids is 1. The molecule has 1 unspecified atom stereocenters. The van der Waals surface area contributed by atoms with E-state index in [4.69, 9.17) is 4.84 Å². The van der Waals surface area contributed by atoms with Crippen LogP contribution in [0, 0.1) is 5.92 Å². The first kappa shape index (κ1) is 11.5. The van der Waals surface area contributed by atoms with Gasteiger partial charge in [0.05, 0.1) is 6.61 Å². The van der Waals surface area contributed by atoms with Gasteiger partial charge in [-0.15, -0.1) is 0 Å². The van der Waals surface area contributed by atoms with Crippen molar-refractivity contribution in [2.45, 2.75) is 45.7 Å². The topological polar surface area (TPSA) is 50.4 Å². The summed E-state index contributed by atoms with van der Waals surface area (Å²) in [6.07, 6.45) is 2.23. The summed E-state index contributed by atoms with van der Waals surface area (Å²) in [6.45, 7) is 6.56. The van der Waals surface area contributed by atoms with Crippen LogP contribution in [0.3, 0.4) is 0 Å². The first-order valence-corrected chi connectivity index (χ1v) is 5.27. The Hall–Kier alpha value is -0.610. The van der Waals surface area contributed by atoms with Crippen molar-refractivity contribution in [1.82, 2.24) is 10.8 Å². The molecular formula is C10H20N2O2. The fourth-order valence-corrected chi connectivity index (χ4v) is 0.947. The fourth-order valence-electron chi connectivity index (χ4n) is 0.947. The van der Waals surface area contributed by atoms with Crippen LogP contribution in [-0.2, 0) is 9.63 Å². The highest BCUT2D eigenvalue weighted by Gasteiger charge is 2.25. The van der Waals surface area contributed by atoms with Gasteiger partial charge in [0.2, 0.25) is 5.91 Å². The summed E-state index contributed by atoms with van der Waals surface area (Å²) in [5.41, 5.74) is 2.73. The molecule has 0 aromatic rings. The monoisotopic (exact) mass is 200 g/mol. The third kappa shape index (κ3) is 4.58. The first-order chi connectivity index (χ1) is 6.59. The molecule has 0 heterocycles. The van der Waals surface area contributed by atoms with Crippen LogP contribution in [0.5, 0.6) is 0 Å². The summed E-state index contributed by atoms with van der Waals surface area (Å²) in [6, 6.07) is 0.145. The molecule has 4 heteroatoms. The molecule has 0 aliphatic heterocycles. The first-order valence-electron chi connectivity index (χ1n) is 5.27. The van der Waals surface area contributed by atoms with Gasteiger partial charge in [-0.2, -0.15) is 5.48 Å². The van der Waals surface area contributed by atoms with Gasteiger partial charge in [-0.25, -0.2) is 0 Å². The lowest BCUT2D eigenvalue weighted by Crippen LogP contribution is -2.43. The highest BCUT2D eigenvalue weighted by atomic mass is 16.6. The molecule has 1 rings (SSSR count). The molecule has 0 spiro atoms. The summed E-state index contributed by atoms with van der Waals surface area (Å²) >= 11 is 0. The van der Waals surface area contributed by atoms with Gasteiger partial charge in [0, 0.05) is 6.04 Å². The second-order valence-corrected chi connectivity index (χ2v) is 4.33. The maximum Gasteiger partial charge on any atom is 0.239 e. The molecule has 0 aromatic carbocycles. The highest BCUT2D eigenvalue weighted by Crippen LogP contribution is 2.18. The average molecular weight is 200 g/mol. The molecule has 0 saturated heterocycles. The minimum absolute atomic E-state index is 0.0243. The van der Waals surface area contributed by atoms with Crippen LogP contribution in [0.25, 0.3) is 0 Å². The number of hydrogen-bond donors (Lipinski definition) is 2. The van der Waals surface area contributed by atoms with E-state index in [9.17, 15) is 4.79 Å². The summed E-state index contributed by atoms with van der Waals surface area (Å²) in [7, 11) is 0. The van der Waals surface area contributed by atoms with Crippen molar-refractivity contribution in [2.75, 3.05) is 6.61 Å². The molecule has 1 amide bonds. The van der Waals surface area contributed by atoms with Gasteiger partial charge in [0.15, 0.2) is 0 Å². The molecule has 0 aromatic heterocycles. The second-order valence-electron chi connectivity index (χ2n) is 4.33. The Kier molecular flexibility index (Phi) is 4.35. The molecule has 2 N–H and O–H groups in total. The Balaban J connectivity index is 2.06. The lowest BCUT2D eigenvalue weighted by Gasteiger charge is -2.14. The Morgan fingerprint density at radius 2 is 2.07 bits per heavy atom. The number of amides is 1. The van der Waals surface area contributed by atoms with Crippen LogP contribution >= 0.6 is 0 Å². The third-order valence-electron chi connectivity index (χ3n) is 1.99. The van der Waals surface area contributed by atoms with E-state index in [1.54, 1.807) is 6.92 Å². The highest BCUT2D eigenvalue weighted by molar-refractivity contribution is 5.81. The quantitative estimate of drug-likeness (QED) is 0.624. The van der Waals surface area contributed by atoms with Gasteiger partial charge < -0.3 is 10.2 Å². The predicted molar refractivity (Wildman–Crippen MR) is 54.6 cm³/mol. The minimum Gasteiger partial charge on any atom is -0.352 e. The number of hydrogen-bond acceptors (Lipinski definition) is 3. The number of nitrogens with one attached hydrogen (secondary N) is 2. The number of hydroxylamine groups is 1. The molecule has 1 saturated carbocycles. The zero-order chi connectivity index (χ0) is 10.6. The lowest BCUT2D eigenvalue weighted by atomic mass is 10.2. The van der Waals surface area contributed by atoms with Gasteiger partial charge in [-0.05, 0) is 25.7 Å². The molecule has 4 nitrogen and oxygen atoms in total. The minimum atomic E-state index is -0.269. The van der Waals surface area contributed by atoms with E-state index in [1.165, 1.54) is 0 Å². The Morgan fingerprint density at radius 3 is 2.57 bits per heavy atom. The van der Waals surface area contributed by atoms with Crippen LogP contribution in [-0.4, -0.2) is 24.6 Å². The predicted octanol–water partition coefficient (Wildman–Crippen LogP) is 0.831.